The second-order valence-corrected chi connectivity index (χ2v) is 11.2. The number of hydrogen-bond acceptors (Lipinski definition) is 3. The number of anilines is 1. The van der Waals surface area contributed by atoms with Gasteiger partial charge in [0.25, 0.3) is 0 Å². The molecule has 0 radical (unpaired) electrons. The third-order valence-corrected chi connectivity index (χ3v) is 6.47. The Bertz CT molecular complexity index is 989. The number of rotatable bonds is 5. The highest BCUT2D eigenvalue weighted by atomic mass is 79.9. The molecule has 1 fully saturated rings. The van der Waals surface area contributed by atoms with Crippen molar-refractivity contribution in [2.75, 3.05) is 19.4 Å². The van der Waals surface area contributed by atoms with E-state index in [0.29, 0.717) is 10.7 Å². The monoisotopic (exact) mass is 519 g/mol. The average molecular weight is 521 g/mol. The lowest BCUT2D eigenvalue weighted by Gasteiger charge is -2.29. The molecule has 1 aliphatic heterocycles. The fraction of sp³-hybridized carbons (Fsp3) is 0.440. The highest BCUT2D eigenvalue weighted by Crippen LogP contribution is 2.42. The van der Waals surface area contributed by atoms with E-state index in [2.05, 4.69) is 47.3 Å². The fourth-order valence-electron chi connectivity index (χ4n) is 4.50. The normalized spacial score (nSPS) is 23.1. The third-order valence-electron chi connectivity index (χ3n) is 5.74. The van der Waals surface area contributed by atoms with E-state index in [4.69, 9.17) is 11.6 Å². The van der Waals surface area contributed by atoms with E-state index < -0.39 is 12.0 Å². The van der Waals surface area contributed by atoms with Gasteiger partial charge in [-0.2, -0.15) is 0 Å². The van der Waals surface area contributed by atoms with E-state index in [1.54, 1.807) is 31.1 Å². The fourth-order valence-corrected chi connectivity index (χ4v) is 5.10. The molecule has 1 saturated heterocycles. The lowest BCUT2D eigenvalue weighted by molar-refractivity contribution is -0.131. The number of benzene rings is 2. The zero-order chi connectivity index (χ0) is 23.6. The van der Waals surface area contributed by atoms with Crippen molar-refractivity contribution in [3.8, 4) is 0 Å². The number of nitrogens with one attached hydrogen (secondary N) is 2. The summed E-state index contributed by atoms with van der Waals surface area (Å²) >= 11 is 9.67. The van der Waals surface area contributed by atoms with Gasteiger partial charge in [0.05, 0.1) is 12.0 Å². The van der Waals surface area contributed by atoms with Crippen LogP contribution in [0.4, 0.5) is 5.69 Å². The average Bonchev–Trinajstić information content (AvgIpc) is 3.04. The van der Waals surface area contributed by atoms with E-state index in [-0.39, 0.29) is 29.2 Å². The van der Waals surface area contributed by atoms with Gasteiger partial charge in [0, 0.05) is 41.2 Å². The van der Waals surface area contributed by atoms with E-state index in [9.17, 15) is 9.59 Å². The van der Waals surface area contributed by atoms with Gasteiger partial charge in [-0.15, -0.1) is 0 Å². The molecular formula is C25H31BrClN3O2. The molecule has 3 rings (SSSR count). The molecule has 0 bridgehead atoms. The zero-order valence-corrected chi connectivity index (χ0v) is 21.5. The van der Waals surface area contributed by atoms with Crippen molar-refractivity contribution in [2.24, 2.45) is 11.3 Å². The van der Waals surface area contributed by atoms with Crippen LogP contribution in [-0.2, 0) is 9.59 Å². The Kier molecular flexibility index (Phi) is 7.69. The van der Waals surface area contributed by atoms with Gasteiger partial charge in [-0.1, -0.05) is 66.5 Å². The summed E-state index contributed by atoms with van der Waals surface area (Å²) in [5.74, 6) is -0.898. The van der Waals surface area contributed by atoms with Crippen molar-refractivity contribution in [2.45, 2.75) is 45.2 Å². The highest BCUT2D eigenvalue weighted by Gasteiger charge is 2.51. The third kappa shape index (κ3) is 5.91. The smallest absolute Gasteiger partial charge is 0.239 e. The predicted molar refractivity (Wildman–Crippen MR) is 134 cm³/mol. The van der Waals surface area contributed by atoms with Gasteiger partial charge in [0.15, 0.2) is 0 Å². The molecule has 1 heterocycles. The molecule has 0 unspecified atom stereocenters. The van der Waals surface area contributed by atoms with Crippen LogP contribution in [0.5, 0.6) is 0 Å². The van der Waals surface area contributed by atoms with Crippen molar-refractivity contribution >= 4 is 45.0 Å². The predicted octanol–water partition coefficient (Wildman–Crippen LogP) is 5.31. The summed E-state index contributed by atoms with van der Waals surface area (Å²) in [5, 5.41) is 7.13. The summed E-state index contributed by atoms with van der Waals surface area (Å²) in [6.07, 6.45) is 0.752. The van der Waals surface area contributed by atoms with Gasteiger partial charge in [0.2, 0.25) is 11.8 Å². The number of likely N-dealkylation sites (N-methyl/N-ethyl adjacent to an activating group) is 1. The van der Waals surface area contributed by atoms with E-state index >= 15 is 0 Å². The quantitative estimate of drug-likeness (QED) is 0.562. The molecule has 4 atom stereocenters. The molecule has 172 valence electrons. The molecular weight excluding hydrogens is 490 g/mol. The number of amides is 2. The number of halogens is 2. The maximum Gasteiger partial charge on any atom is 0.239 e. The van der Waals surface area contributed by atoms with Gasteiger partial charge in [-0.25, -0.2) is 0 Å². The second-order valence-electron chi connectivity index (χ2n) is 9.85. The van der Waals surface area contributed by atoms with Crippen molar-refractivity contribution in [1.29, 1.82) is 0 Å². The van der Waals surface area contributed by atoms with Crippen molar-refractivity contribution in [3.63, 3.8) is 0 Å². The van der Waals surface area contributed by atoms with Crippen LogP contribution in [0.25, 0.3) is 0 Å². The van der Waals surface area contributed by atoms with E-state index in [0.717, 1.165) is 16.5 Å². The molecule has 5 nitrogen and oxygen atoms in total. The minimum Gasteiger partial charge on any atom is -0.347 e. The van der Waals surface area contributed by atoms with Gasteiger partial charge < -0.3 is 15.5 Å². The molecule has 32 heavy (non-hydrogen) atoms. The zero-order valence-electron chi connectivity index (χ0n) is 19.2. The minimum atomic E-state index is -0.498. The number of carbonyl (C=O) groups is 2. The van der Waals surface area contributed by atoms with E-state index in [1.165, 1.54) is 0 Å². The first-order valence-corrected chi connectivity index (χ1v) is 11.9. The molecule has 2 aromatic rings. The first-order valence-electron chi connectivity index (χ1n) is 10.8. The largest absolute Gasteiger partial charge is 0.347 e. The molecule has 2 aromatic carbocycles. The summed E-state index contributed by atoms with van der Waals surface area (Å²) in [5.41, 5.74) is 1.58. The molecule has 0 spiro atoms. The van der Waals surface area contributed by atoms with Crippen LogP contribution in [0.3, 0.4) is 0 Å². The first kappa shape index (κ1) is 24.7. The minimum absolute atomic E-state index is 0.0237. The van der Waals surface area contributed by atoms with Crippen LogP contribution in [0.2, 0.25) is 5.02 Å². The Balaban J connectivity index is 2.06. The van der Waals surface area contributed by atoms with Crippen LogP contribution < -0.4 is 10.6 Å². The highest BCUT2D eigenvalue weighted by molar-refractivity contribution is 9.10. The molecule has 0 aromatic heterocycles. The van der Waals surface area contributed by atoms with Gasteiger partial charge in [0.1, 0.15) is 0 Å². The number of carbonyl (C=O) groups excluding carboxylic acids is 2. The van der Waals surface area contributed by atoms with Gasteiger partial charge in [-0.05, 0) is 47.7 Å². The Morgan fingerprint density at radius 1 is 1.12 bits per heavy atom. The van der Waals surface area contributed by atoms with Crippen LogP contribution in [0.15, 0.2) is 53.0 Å². The number of nitrogens with zero attached hydrogens (tertiary/aromatic N) is 1. The van der Waals surface area contributed by atoms with Gasteiger partial charge >= 0.3 is 0 Å². The van der Waals surface area contributed by atoms with Crippen molar-refractivity contribution < 1.29 is 9.59 Å². The van der Waals surface area contributed by atoms with Crippen LogP contribution in [-0.4, -0.2) is 42.9 Å². The Hall–Kier alpha value is -1.89. The molecule has 2 amide bonds. The number of hydrogen-bond donors (Lipinski definition) is 2. The molecule has 2 N–H and O–H groups in total. The van der Waals surface area contributed by atoms with Gasteiger partial charge in [-0.3, -0.25) is 9.59 Å². The summed E-state index contributed by atoms with van der Waals surface area (Å²) in [6, 6.07) is 14.4. The van der Waals surface area contributed by atoms with Crippen molar-refractivity contribution in [3.05, 3.63) is 63.6 Å². The summed E-state index contributed by atoms with van der Waals surface area (Å²) in [7, 11) is 3.50. The van der Waals surface area contributed by atoms with E-state index in [1.807, 2.05) is 36.4 Å². The lowest BCUT2D eigenvalue weighted by atomic mass is 9.76. The topological polar surface area (TPSA) is 61.4 Å². The SMILES string of the molecule is CN(C)C(=O)[C@@H]1N[C@H](CC(C)(C)C)[C@H](C(=O)Nc2cccc(Cl)c2)[C@H]1c1cccc(Br)c1. The lowest BCUT2D eigenvalue weighted by Crippen LogP contribution is -2.44. The molecule has 0 aliphatic carbocycles. The van der Waals surface area contributed by atoms with Crippen molar-refractivity contribution in [1.82, 2.24) is 10.2 Å². The van der Waals surface area contributed by atoms with Crippen LogP contribution in [0, 0.1) is 11.3 Å². The standard InChI is InChI=1S/C25H31BrClN3O2/c1-25(2,3)14-19-21(23(31)28-18-11-7-10-17(27)13-18)20(15-8-6-9-16(26)12-15)22(29-19)24(32)30(4)5/h6-13,19-22,29H,14H2,1-5H3,(H,28,31)/t19-,20-,21+,22-/m1/s1. The molecule has 1 aliphatic rings. The molecule has 7 heteroatoms. The summed E-state index contributed by atoms with van der Waals surface area (Å²) in [6.45, 7) is 6.45. The maximum atomic E-state index is 13.7. The van der Waals surface area contributed by atoms with Crippen LogP contribution in [0.1, 0.15) is 38.7 Å². The Morgan fingerprint density at radius 3 is 2.41 bits per heavy atom. The summed E-state index contributed by atoms with van der Waals surface area (Å²) in [4.78, 5) is 28.5. The first-order chi connectivity index (χ1) is 15.0. The summed E-state index contributed by atoms with van der Waals surface area (Å²) < 4.78 is 0.916. The Labute approximate surface area is 204 Å². The second kappa shape index (κ2) is 9.94. The Morgan fingerprint density at radius 2 is 1.81 bits per heavy atom. The maximum absolute atomic E-state index is 13.7. The molecule has 0 saturated carbocycles. The van der Waals surface area contributed by atoms with Crippen LogP contribution >= 0.6 is 27.5 Å².